The van der Waals surface area contributed by atoms with E-state index in [1.165, 1.54) is 11.3 Å². The number of hydrogen-bond donors (Lipinski definition) is 1. The van der Waals surface area contributed by atoms with Crippen LogP contribution < -0.4 is 10.2 Å². The SMILES string of the molecule is CCNCc1cncc(N2c3ccccc3CC2C)n1. The largest absolute Gasteiger partial charge is 0.322 e. The third kappa shape index (κ3) is 2.39. The summed E-state index contributed by atoms with van der Waals surface area (Å²) in [6, 6.07) is 8.97. The van der Waals surface area contributed by atoms with Crippen molar-refractivity contribution in [2.45, 2.75) is 32.9 Å². The van der Waals surface area contributed by atoms with Crippen LogP contribution in [0.3, 0.4) is 0 Å². The summed E-state index contributed by atoms with van der Waals surface area (Å²) >= 11 is 0. The van der Waals surface area contributed by atoms with E-state index in [0.29, 0.717) is 6.04 Å². The first kappa shape index (κ1) is 13.1. The van der Waals surface area contributed by atoms with Crippen molar-refractivity contribution in [1.29, 1.82) is 0 Å². The molecule has 0 spiro atoms. The van der Waals surface area contributed by atoms with Crippen LogP contribution in [0.5, 0.6) is 0 Å². The summed E-state index contributed by atoms with van der Waals surface area (Å²) in [6.07, 6.45) is 4.75. The van der Waals surface area contributed by atoms with Gasteiger partial charge in [0.1, 0.15) is 0 Å². The summed E-state index contributed by atoms with van der Waals surface area (Å²) < 4.78 is 0. The molecule has 1 unspecified atom stereocenters. The zero-order valence-corrected chi connectivity index (χ0v) is 12.0. The van der Waals surface area contributed by atoms with Crippen LogP contribution in [0.15, 0.2) is 36.7 Å². The number of anilines is 2. The second-order valence-electron chi connectivity index (χ2n) is 5.20. The first-order valence-electron chi connectivity index (χ1n) is 7.18. The Morgan fingerprint density at radius 2 is 2.15 bits per heavy atom. The molecule has 2 heterocycles. The molecule has 1 N–H and O–H groups in total. The monoisotopic (exact) mass is 268 g/mol. The molecule has 1 aliphatic rings. The number of nitrogens with zero attached hydrogens (tertiary/aromatic N) is 3. The van der Waals surface area contributed by atoms with Crippen LogP contribution in [-0.2, 0) is 13.0 Å². The van der Waals surface area contributed by atoms with Gasteiger partial charge in [-0.2, -0.15) is 0 Å². The lowest BCUT2D eigenvalue weighted by molar-refractivity contribution is 0.699. The lowest BCUT2D eigenvalue weighted by Gasteiger charge is -2.23. The van der Waals surface area contributed by atoms with Crippen molar-refractivity contribution in [3.8, 4) is 0 Å². The Morgan fingerprint density at radius 3 is 3.00 bits per heavy atom. The van der Waals surface area contributed by atoms with Gasteiger partial charge in [-0.3, -0.25) is 4.98 Å². The molecule has 1 aromatic heterocycles. The lowest BCUT2D eigenvalue weighted by Crippen LogP contribution is -2.25. The Labute approximate surface area is 119 Å². The van der Waals surface area contributed by atoms with Crippen molar-refractivity contribution in [1.82, 2.24) is 15.3 Å². The third-order valence-corrected chi connectivity index (χ3v) is 3.68. The van der Waals surface area contributed by atoms with Gasteiger partial charge < -0.3 is 10.2 Å². The van der Waals surface area contributed by atoms with Gasteiger partial charge in [0.25, 0.3) is 0 Å². The van der Waals surface area contributed by atoms with Crippen LogP contribution >= 0.6 is 0 Å². The van der Waals surface area contributed by atoms with Crippen molar-refractivity contribution in [3.05, 3.63) is 47.9 Å². The van der Waals surface area contributed by atoms with Gasteiger partial charge in [-0.05, 0) is 31.5 Å². The molecule has 0 saturated carbocycles. The topological polar surface area (TPSA) is 41.1 Å². The molecule has 0 fully saturated rings. The van der Waals surface area contributed by atoms with Crippen molar-refractivity contribution in [2.24, 2.45) is 0 Å². The summed E-state index contributed by atoms with van der Waals surface area (Å²) in [5.41, 5.74) is 3.63. The standard InChI is InChI=1S/C16H20N4/c1-3-17-9-14-10-18-11-16(19-14)20-12(2)8-13-6-4-5-7-15(13)20/h4-7,10-12,17H,3,8-9H2,1-2H3. The van der Waals surface area contributed by atoms with Crippen molar-refractivity contribution >= 4 is 11.5 Å². The highest BCUT2D eigenvalue weighted by Gasteiger charge is 2.27. The van der Waals surface area contributed by atoms with Crippen molar-refractivity contribution in [2.75, 3.05) is 11.4 Å². The first-order valence-corrected chi connectivity index (χ1v) is 7.18. The highest BCUT2D eigenvalue weighted by atomic mass is 15.2. The molecule has 104 valence electrons. The number of rotatable bonds is 4. The average molecular weight is 268 g/mol. The van der Waals surface area contributed by atoms with Gasteiger partial charge in [0.15, 0.2) is 5.82 Å². The Balaban J connectivity index is 1.93. The number of para-hydroxylation sites is 1. The Kier molecular flexibility index (Phi) is 3.65. The molecule has 1 aliphatic heterocycles. The Hall–Kier alpha value is -1.94. The number of fused-ring (bicyclic) bond motifs is 1. The van der Waals surface area contributed by atoms with E-state index < -0.39 is 0 Å². The molecule has 2 aromatic rings. The van der Waals surface area contributed by atoms with E-state index in [1.807, 2.05) is 12.4 Å². The quantitative estimate of drug-likeness (QED) is 0.925. The van der Waals surface area contributed by atoms with E-state index >= 15 is 0 Å². The fourth-order valence-electron chi connectivity index (χ4n) is 2.76. The molecule has 20 heavy (non-hydrogen) atoms. The minimum atomic E-state index is 0.427. The molecule has 0 amide bonds. The molecular weight excluding hydrogens is 248 g/mol. The maximum absolute atomic E-state index is 4.74. The maximum Gasteiger partial charge on any atom is 0.152 e. The fourth-order valence-corrected chi connectivity index (χ4v) is 2.76. The normalized spacial score (nSPS) is 17.3. The third-order valence-electron chi connectivity index (χ3n) is 3.68. The average Bonchev–Trinajstić information content (AvgIpc) is 2.81. The summed E-state index contributed by atoms with van der Waals surface area (Å²) in [5, 5.41) is 3.29. The predicted molar refractivity (Wildman–Crippen MR) is 81.2 cm³/mol. The molecule has 4 nitrogen and oxygen atoms in total. The van der Waals surface area contributed by atoms with Crippen LogP contribution in [0.2, 0.25) is 0 Å². The smallest absolute Gasteiger partial charge is 0.152 e. The van der Waals surface area contributed by atoms with Crippen LogP contribution in [0.1, 0.15) is 25.1 Å². The molecule has 0 aliphatic carbocycles. The molecule has 3 rings (SSSR count). The van der Waals surface area contributed by atoms with E-state index in [1.54, 1.807) is 0 Å². The fraction of sp³-hybridized carbons (Fsp3) is 0.375. The van der Waals surface area contributed by atoms with Gasteiger partial charge in [0.2, 0.25) is 0 Å². The molecule has 1 atom stereocenters. The van der Waals surface area contributed by atoms with E-state index in [-0.39, 0.29) is 0 Å². The Morgan fingerprint density at radius 1 is 1.30 bits per heavy atom. The first-order chi connectivity index (χ1) is 9.79. The molecule has 1 aromatic carbocycles. The van der Waals surface area contributed by atoms with Gasteiger partial charge in [0.05, 0.1) is 11.9 Å². The van der Waals surface area contributed by atoms with Gasteiger partial charge in [0, 0.05) is 24.5 Å². The summed E-state index contributed by atoms with van der Waals surface area (Å²) in [4.78, 5) is 11.4. The maximum atomic E-state index is 4.74. The number of hydrogen-bond acceptors (Lipinski definition) is 4. The van der Waals surface area contributed by atoms with Crippen molar-refractivity contribution in [3.63, 3.8) is 0 Å². The van der Waals surface area contributed by atoms with Crippen LogP contribution in [-0.4, -0.2) is 22.6 Å². The summed E-state index contributed by atoms with van der Waals surface area (Å²) in [7, 11) is 0. The van der Waals surface area contributed by atoms with Gasteiger partial charge in [-0.15, -0.1) is 0 Å². The highest BCUT2D eigenvalue weighted by Crippen LogP contribution is 2.36. The second kappa shape index (κ2) is 5.59. The molecular formula is C16H20N4. The van der Waals surface area contributed by atoms with Crippen molar-refractivity contribution < 1.29 is 0 Å². The van der Waals surface area contributed by atoms with E-state index in [0.717, 1.165) is 31.0 Å². The molecule has 0 saturated heterocycles. The minimum absolute atomic E-state index is 0.427. The van der Waals surface area contributed by atoms with E-state index in [4.69, 9.17) is 4.98 Å². The molecule has 0 bridgehead atoms. The zero-order chi connectivity index (χ0) is 13.9. The van der Waals surface area contributed by atoms with E-state index in [9.17, 15) is 0 Å². The van der Waals surface area contributed by atoms with Crippen LogP contribution in [0.25, 0.3) is 0 Å². The second-order valence-corrected chi connectivity index (χ2v) is 5.20. The summed E-state index contributed by atoms with van der Waals surface area (Å²) in [6.45, 7) is 6.03. The predicted octanol–water partition coefficient (Wildman–Crippen LogP) is 2.67. The number of nitrogens with one attached hydrogen (secondary N) is 1. The van der Waals surface area contributed by atoms with Gasteiger partial charge in [-0.1, -0.05) is 25.1 Å². The van der Waals surface area contributed by atoms with E-state index in [2.05, 4.69) is 53.3 Å². The summed E-state index contributed by atoms with van der Waals surface area (Å²) in [5.74, 6) is 0.942. The Bertz CT molecular complexity index is 597. The number of aromatic nitrogens is 2. The van der Waals surface area contributed by atoms with Crippen LogP contribution in [0.4, 0.5) is 11.5 Å². The molecule has 0 radical (unpaired) electrons. The minimum Gasteiger partial charge on any atom is -0.322 e. The van der Waals surface area contributed by atoms with Crippen LogP contribution in [0, 0.1) is 0 Å². The lowest BCUT2D eigenvalue weighted by atomic mass is 10.1. The highest BCUT2D eigenvalue weighted by molar-refractivity contribution is 5.68. The molecule has 4 heteroatoms. The number of benzene rings is 1. The van der Waals surface area contributed by atoms with Gasteiger partial charge >= 0.3 is 0 Å². The van der Waals surface area contributed by atoms with Gasteiger partial charge in [-0.25, -0.2) is 4.98 Å². The zero-order valence-electron chi connectivity index (χ0n) is 12.0.